The molecule has 0 bridgehead atoms. The van der Waals surface area contributed by atoms with Crippen molar-refractivity contribution in [1.82, 2.24) is 10.3 Å². The summed E-state index contributed by atoms with van der Waals surface area (Å²) in [5, 5.41) is 3.71. The first-order chi connectivity index (χ1) is 9.22. The third-order valence-corrected chi connectivity index (χ3v) is 4.94. The van der Waals surface area contributed by atoms with Gasteiger partial charge in [0.15, 0.2) is 0 Å². The Hall–Kier alpha value is 0.0700. The Balaban J connectivity index is 2.19. The first-order valence-electron chi connectivity index (χ1n) is 7.26. The highest BCUT2D eigenvalue weighted by Gasteiger charge is 2.27. The molecular weight excluding hydrogens is 368 g/mol. The van der Waals surface area contributed by atoms with E-state index in [4.69, 9.17) is 0 Å². The van der Waals surface area contributed by atoms with Crippen molar-refractivity contribution in [3.05, 3.63) is 26.9 Å². The molecule has 1 fully saturated rings. The maximum Gasteiger partial charge on any atom is 0.0718 e. The summed E-state index contributed by atoms with van der Waals surface area (Å²) >= 11 is 7.15. The van der Waals surface area contributed by atoms with Crippen molar-refractivity contribution in [3.63, 3.8) is 0 Å². The molecule has 1 aromatic heterocycles. The fraction of sp³-hybridized carbons (Fsp3) is 0.667. The minimum absolute atomic E-state index is 0.391. The standard InChI is InChI=1S/C15H22Br2N2/c1-2-8-18-14(11-6-4-3-5-7-11)15-13(17)9-12(16)10-19-15/h9-11,14,18H,2-8H2,1H3. The average molecular weight is 390 g/mol. The van der Waals surface area contributed by atoms with Crippen molar-refractivity contribution in [2.75, 3.05) is 6.54 Å². The van der Waals surface area contributed by atoms with Gasteiger partial charge in [-0.1, -0.05) is 26.2 Å². The lowest BCUT2D eigenvalue weighted by Gasteiger charge is -2.31. The van der Waals surface area contributed by atoms with Gasteiger partial charge in [-0.25, -0.2) is 0 Å². The van der Waals surface area contributed by atoms with E-state index in [0.29, 0.717) is 6.04 Å². The van der Waals surface area contributed by atoms with Crippen LogP contribution in [0.15, 0.2) is 21.2 Å². The molecule has 1 aliphatic carbocycles. The molecule has 19 heavy (non-hydrogen) atoms. The number of hydrogen-bond donors (Lipinski definition) is 1. The van der Waals surface area contributed by atoms with Crippen LogP contribution in [-0.2, 0) is 0 Å². The minimum Gasteiger partial charge on any atom is -0.308 e. The molecule has 0 spiro atoms. The highest BCUT2D eigenvalue weighted by molar-refractivity contribution is 9.11. The van der Waals surface area contributed by atoms with Crippen LogP contribution in [0.1, 0.15) is 57.2 Å². The van der Waals surface area contributed by atoms with E-state index in [2.05, 4.69) is 55.2 Å². The van der Waals surface area contributed by atoms with Gasteiger partial charge in [0.1, 0.15) is 0 Å². The van der Waals surface area contributed by atoms with Crippen LogP contribution in [0, 0.1) is 5.92 Å². The number of nitrogens with zero attached hydrogens (tertiary/aromatic N) is 1. The summed E-state index contributed by atoms with van der Waals surface area (Å²) in [7, 11) is 0. The van der Waals surface area contributed by atoms with Gasteiger partial charge >= 0.3 is 0 Å². The quantitative estimate of drug-likeness (QED) is 0.745. The molecule has 0 amide bonds. The summed E-state index contributed by atoms with van der Waals surface area (Å²) in [6.07, 6.45) is 9.84. The molecule has 2 nitrogen and oxygen atoms in total. The van der Waals surface area contributed by atoms with Crippen LogP contribution in [0.3, 0.4) is 0 Å². The third-order valence-electron chi connectivity index (χ3n) is 3.87. The maximum atomic E-state index is 4.65. The highest BCUT2D eigenvalue weighted by Crippen LogP contribution is 2.36. The first kappa shape index (κ1) is 15.5. The predicted molar refractivity (Wildman–Crippen MR) is 87.2 cm³/mol. The molecule has 0 saturated heterocycles. The van der Waals surface area contributed by atoms with Crippen LogP contribution in [0.5, 0.6) is 0 Å². The van der Waals surface area contributed by atoms with Gasteiger partial charge in [-0.15, -0.1) is 0 Å². The van der Waals surface area contributed by atoms with Crippen LogP contribution in [0.2, 0.25) is 0 Å². The topological polar surface area (TPSA) is 24.9 Å². The third kappa shape index (κ3) is 4.27. The molecule has 1 aliphatic rings. The van der Waals surface area contributed by atoms with Crippen molar-refractivity contribution in [1.29, 1.82) is 0 Å². The molecule has 1 heterocycles. The molecule has 0 radical (unpaired) electrons. The maximum absolute atomic E-state index is 4.65. The zero-order valence-electron chi connectivity index (χ0n) is 11.5. The van der Waals surface area contributed by atoms with Crippen LogP contribution < -0.4 is 5.32 Å². The zero-order chi connectivity index (χ0) is 13.7. The number of pyridine rings is 1. The lowest BCUT2D eigenvalue weighted by atomic mass is 9.82. The Morgan fingerprint density at radius 2 is 2.05 bits per heavy atom. The molecule has 0 aromatic carbocycles. The summed E-state index contributed by atoms with van der Waals surface area (Å²) in [6.45, 7) is 3.28. The van der Waals surface area contributed by atoms with E-state index in [1.54, 1.807) is 0 Å². The summed E-state index contributed by atoms with van der Waals surface area (Å²) in [4.78, 5) is 4.65. The minimum atomic E-state index is 0.391. The Kier molecular flexibility index (Phi) is 6.30. The van der Waals surface area contributed by atoms with E-state index >= 15 is 0 Å². The highest BCUT2D eigenvalue weighted by atomic mass is 79.9. The van der Waals surface area contributed by atoms with Gasteiger partial charge in [0.25, 0.3) is 0 Å². The van der Waals surface area contributed by atoms with Crippen LogP contribution in [-0.4, -0.2) is 11.5 Å². The van der Waals surface area contributed by atoms with E-state index in [0.717, 1.165) is 27.8 Å². The molecule has 4 heteroatoms. The van der Waals surface area contributed by atoms with Gasteiger partial charge in [0, 0.05) is 15.1 Å². The molecule has 0 aliphatic heterocycles. The average Bonchev–Trinajstić information content (AvgIpc) is 2.42. The smallest absolute Gasteiger partial charge is 0.0718 e. The number of aromatic nitrogens is 1. The molecule has 1 saturated carbocycles. The fourth-order valence-corrected chi connectivity index (χ4v) is 4.14. The molecule has 1 aromatic rings. The lowest BCUT2D eigenvalue weighted by Crippen LogP contribution is -2.31. The van der Waals surface area contributed by atoms with E-state index in [1.165, 1.54) is 37.8 Å². The van der Waals surface area contributed by atoms with Crippen molar-refractivity contribution in [2.45, 2.75) is 51.5 Å². The summed E-state index contributed by atoms with van der Waals surface area (Å²) in [5.74, 6) is 0.727. The second-order valence-electron chi connectivity index (χ2n) is 5.35. The first-order valence-corrected chi connectivity index (χ1v) is 8.85. The lowest BCUT2D eigenvalue weighted by molar-refractivity contribution is 0.267. The molecule has 2 rings (SSSR count). The SMILES string of the molecule is CCCNC(c1ncc(Br)cc1Br)C1CCCCC1. The summed E-state index contributed by atoms with van der Waals surface area (Å²) in [5.41, 5.74) is 1.17. The Morgan fingerprint density at radius 1 is 1.32 bits per heavy atom. The van der Waals surface area contributed by atoms with Gasteiger partial charge in [-0.2, -0.15) is 0 Å². The number of nitrogens with one attached hydrogen (secondary N) is 1. The number of rotatable bonds is 5. The molecule has 1 unspecified atom stereocenters. The Bertz CT molecular complexity index is 403. The largest absolute Gasteiger partial charge is 0.308 e. The van der Waals surface area contributed by atoms with Crippen LogP contribution in [0.25, 0.3) is 0 Å². The van der Waals surface area contributed by atoms with Gasteiger partial charge in [-0.3, -0.25) is 4.98 Å². The van der Waals surface area contributed by atoms with E-state index < -0.39 is 0 Å². The monoisotopic (exact) mass is 388 g/mol. The molecule has 1 N–H and O–H groups in total. The predicted octanol–water partition coefficient (Wildman–Crippen LogP) is 5.23. The van der Waals surface area contributed by atoms with E-state index in [9.17, 15) is 0 Å². The normalized spacial score (nSPS) is 18.5. The summed E-state index contributed by atoms with van der Waals surface area (Å²) < 4.78 is 2.14. The van der Waals surface area contributed by atoms with E-state index in [-0.39, 0.29) is 0 Å². The van der Waals surface area contributed by atoms with Crippen LogP contribution >= 0.6 is 31.9 Å². The summed E-state index contributed by atoms with van der Waals surface area (Å²) in [6, 6.07) is 2.49. The van der Waals surface area contributed by atoms with Crippen LogP contribution in [0.4, 0.5) is 0 Å². The number of halogens is 2. The zero-order valence-corrected chi connectivity index (χ0v) is 14.6. The molecule has 1 atom stereocenters. The second kappa shape index (κ2) is 7.75. The van der Waals surface area contributed by atoms with Crippen molar-refractivity contribution >= 4 is 31.9 Å². The fourth-order valence-electron chi connectivity index (χ4n) is 2.91. The van der Waals surface area contributed by atoms with Gasteiger partial charge in [0.2, 0.25) is 0 Å². The van der Waals surface area contributed by atoms with Gasteiger partial charge < -0.3 is 5.32 Å². The van der Waals surface area contributed by atoms with Crippen molar-refractivity contribution in [3.8, 4) is 0 Å². The van der Waals surface area contributed by atoms with E-state index in [1.807, 2.05) is 6.20 Å². The Labute approximate surface area is 133 Å². The molecule has 106 valence electrons. The second-order valence-corrected chi connectivity index (χ2v) is 7.12. The van der Waals surface area contributed by atoms with Crippen molar-refractivity contribution in [2.24, 2.45) is 5.92 Å². The van der Waals surface area contributed by atoms with Crippen molar-refractivity contribution < 1.29 is 0 Å². The Morgan fingerprint density at radius 3 is 2.68 bits per heavy atom. The van der Waals surface area contributed by atoms with Gasteiger partial charge in [-0.05, 0) is 69.7 Å². The molecular formula is C15H22Br2N2. The van der Waals surface area contributed by atoms with Gasteiger partial charge in [0.05, 0.1) is 11.7 Å². The number of hydrogen-bond acceptors (Lipinski definition) is 2.